The van der Waals surface area contributed by atoms with Crippen LogP contribution < -0.4 is 15.4 Å². The summed E-state index contributed by atoms with van der Waals surface area (Å²) in [6.45, 7) is 0.956. The predicted octanol–water partition coefficient (Wildman–Crippen LogP) is 3.53. The lowest BCUT2D eigenvalue weighted by atomic mass is 10.1. The number of ether oxygens (including phenoxy) is 2. The van der Waals surface area contributed by atoms with Crippen LogP contribution >= 0.6 is 0 Å². The van der Waals surface area contributed by atoms with Crippen LogP contribution in [0.15, 0.2) is 60.7 Å². The zero-order valence-corrected chi connectivity index (χ0v) is 16.7. The Kier molecular flexibility index (Phi) is 6.64. The van der Waals surface area contributed by atoms with Gasteiger partial charge in [0, 0.05) is 12.6 Å². The van der Waals surface area contributed by atoms with E-state index in [1.165, 1.54) is 14.0 Å². The second-order valence-electron chi connectivity index (χ2n) is 6.66. The molecule has 0 unspecified atom stereocenters. The summed E-state index contributed by atoms with van der Waals surface area (Å²) in [5.41, 5.74) is 1.68. The Labute approximate surface area is 174 Å². The van der Waals surface area contributed by atoms with Crippen LogP contribution in [0.4, 0.5) is 11.4 Å². The molecule has 0 radical (unpaired) electrons. The Hall–Kier alpha value is -3.87. The fourth-order valence-corrected chi connectivity index (χ4v) is 2.99. The largest absolute Gasteiger partial charge is 0.495 e. The number of anilines is 2. The van der Waals surface area contributed by atoms with E-state index in [0.29, 0.717) is 17.1 Å². The number of esters is 1. The summed E-state index contributed by atoms with van der Waals surface area (Å²) in [6, 6.07) is 18.4. The normalized spacial score (nSPS) is 10.3. The molecule has 0 aliphatic heterocycles. The summed E-state index contributed by atoms with van der Waals surface area (Å²) in [6.07, 6.45) is 0.0689. The van der Waals surface area contributed by atoms with E-state index in [2.05, 4.69) is 10.6 Å². The Bertz CT molecular complexity index is 1090. The molecule has 0 saturated heterocycles. The van der Waals surface area contributed by atoms with Crippen molar-refractivity contribution in [2.45, 2.75) is 13.3 Å². The molecular weight excluding hydrogens is 384 g/mol. The van der Waals surface area contributed by atoms with Crippen molar-refractivity contribution in [3.05, 3.63) is 66.2 Å². The average Bonchev–Trinajstić information content (AvgIpc) is 2.72. The molecule has 7 nitrogen and oxygen atoms in total. The molecule has 2 N–H and O–H groups in total. The minimum Gasteiger partial charge on any atom is -0.495 e. The van der Waals surface area contributed by atoms with Crippen molar-refractivity contribution >= 4 is 39.9 Å². The van der Waals surface area contributed by atoms with E-state index in [1.54, 1.807) is 18.2 Å². The number of carbonyl (C=O) groups excluding carboxylic acids is 3. The standard InChI is InChI=1S/C23H22N2O5/c1-15(26)24-19-9-10-21(29-2)20(13-19)25-22(27)14-30-23(28)12-16-7-8-17-5-3-4-6-18(17)11-16/h3-11,13H,12,14H2,1-2H3,(H,24,26)(H,25,27). The van der Waals surface area contributed by atoms with Gasteiger partial charge in [0.05, 0.1) is 19.2 Å². The molecule has 0 heterocycles. The maximum atomic E-state index is 12.2. The molecule has 0 saturated carbocycles. The molecule has 0 spiro atoms. The minimum atomic E-state index is -0.514. The molecular formula is C23H22N2O5. The lowest BCUT2D eigenvalue weighted by molar-refractivity contribution is -0.146. The maximum absolute atomic E-state index is 12.2. The lowest BCUT2D eigenvalue weighted by Gasteiger charge is -2.12. The van der Waals surface area contributed by atoms with Gasteiger partial charge in [0.25, 0.3) is 5.91 Å². The topological polar surface area (TPSA) is 93.7 Å². The van der Waals surface area contributed by atoms with Crippen LogP contribution in [-0.4, -0.2) is 31.5 Å². The fraction of sp³-hybridized carbons (Fsp3) is 0.174. The molecule has 154 valence electrons. The molecule has 0 aliphatic rings. The van der Waals surface area contributed by atoms with Crippen LogP contribution in [-0.2, 0) is 25.5 Å². The number of hydrogen-bond donors (Lipinski definition) is 2. The Morgan fingerprint density at radius 2 is 1.67 bits per heavy atom. The summed E-state index contributed by atoms with van der Waals surface area (Å²) < 4.78 is 10.3. The Morgan fingerprint density at radius 3 is 2.40 bits per heavy atom. The fourth-order valence-electron chi connectivity index (χ4n) is 2.99. The monoisotopic (exact) mass is 406 g/mol. The highest BCUT2D eigenvalue weighted by Gasteiger charge is 2.12. The van der Waals surface area contributed by atoms with Gasteiger partial charge in [0.1, 0.15) is 5.75 Å². The zero-order chi connectivity index (χ0) is 21.5. The van der Waals surface area contributed by atoms with Crippen molar-refractivity contribution in [2.75, 3.05) is 24.4 Å². The molecule has 3 rings (SSSR count). The van der Waals surface area contributed by atoms with Crippen LogP contribution in [0, 0.1) is 0 Å². The third-order valence-corrected chi connectivity index (χ3v) is 4.32. The number of nitrogens with one attached hydrogen (secondary N) is 2. The Balaban J connectivity index is 1.57. The van der Waals surface area contributed by atoms with Gasteiger partial charge in [-0.2, -0.15) is 0 Å². The van der Waals surface area contributed by atoms with Gasteiger partial charge < -0.3 is 20.1 Å². The quantitative estimate of drug-likeness (QED) is 0.586. The number of amides is 2. The van der Waals surface area contributed by atoms with Gasteiger partial charge in [0.15, 0.2) is 6.61 Å². The lowest BCUT2D eigenvalue weighted by Crippen LogP contribution is -2.22. The molecule has 0 aliphatic carbocycles. The smallest absolute Gasteiger partial charge is 0.310 e. The van der Waals surface area contributed by atoms with Crippen LogP contribution in [0.5, 0.6) is 5.75 Å². The third-order valence-electron chi connectivity index (χ3n) is 4.32. The third kappa shape index (κ3) is 5.57. The van der Waals surface area contributed by atoms with Crippen molar-refractivity contribution in [2.24, 2.45) is 0 Å². The first kappa shape index (κ1) is 20.9. The molecule has 0 aromatic heterocycles. The van der Waals surface area contributed by atoms with Gasteiger partial charge in [-0.1, -0.05) is 42.5 Å². The number of benzene rings is 3. The molecule has 0 atom stereocenters. The summed E-state index contributed by atoms with van der Waals surface area (Å²) >= 11 is 0. The molecule has 30 heavy (non-hydrogen) atoms. The van der Waals surface area contributed by atoms with Gasteiger partial charge in [-0.3, -0.25) is 14.4 Å². The van der Waals surface area contributed by atoms with Crippen LogP contribution in [0.25, 0.3) is 10.8 Å². The van der Waals surface area contributed by atoms with Gasteiger partial charge in [-0.25, -0.2) is 0 Å². The molecule has 0 bridgehead atoms. The SMILES string of the molecule is COc1ccc(NC(C)=O)cc1NC(=O)COC(=O)Cc1ccc2ccccc2c1. The van der Waals surface area contributed by atoms with Gasteiger partial charge in [-0.15, -0.1) is 0 Å². The first-order chi connectivity index (χ1) is 14.4. The van der Waals surface area contributed by atoms with Crippen LogP contribution in [0.2, 0.25) is 0 Å². The first-order valence-corrected chi connectivity index (χ1v) is 9.33. The molecule has 3 aromatic rings. The number of rotatable bonds is 7. The molecule has 2 amide bonds. The minimum absolute atomic E-state index is 0.0689. The maximum Gasteiger partial charge on any atom is 0.310 e. The predicted molar refractivity (Wildman–Crippen MR) is 115 cm³/mol. The second kappa shape index (κ2) is 9.56. The van der Waals surface area contributed by atoms with Gasteiger partial charge in [0.2, 0.25) is 5.91 Å². The highest BCUT2D eigenvalue weighted by atomic mass is 16.5. The van der Waals surface area contributed by atoms with E-state index >= 15 is 0 Å². The average molecular weight is 406 g/mol. The van der Waals surface area contributed by atoms with Crippen LogP contribution in [0.3, 0.4) is 0 Å². The van der Waals surface area contributed by atoms with E-state index in [-0.39, 0.29) is 12.3 Å². The highest BCUT2D eigenvalue weighted by Crippen LogP contribution is 2.27. The van der Waals surface area contributed by atoms with E-state index in [9.17, 15) is 14.4 Å². The van der Waals surface area contributed by atoms with Crippen LogP contribution in [0.1, 0.15) is 12.5 Å². The molecule has 3 aromatic carbocycles. The number of methoxy groups -OCH3 is 1. The Morgan fingerprint density at radius 1 is 0.900 bits per heavy atom. The van der Waals surface area contributed by atoms with Crippen molar-refractivity contribution in [3.63, 3.8) is 0 Å². The summed E-state index contributed by atoms with van der Waals surface area (Å²) in [5, 5.41) is 7.38. The molecule has 0 fully saturated rings. The summed E-state index contributed by atoms with van der Waals surface area (Å²) in [7, 11) is 1.46. The van der Waals surface area contributed by atoms with Crippen molar-refractivity contribution in [1.82, 2.24) is 0 Å². The highest BCUT2D eigenvalue weighted by molar-refractivity contribution is 5.96. The van der Waals surface area contributed by atoms with E-state index < -0.39 is 18.5 Å². The summed E-state index contributed by atoms with van der Waals surface area (Å²) in [4.78, 5) is 35.6. The van der Waals surface area contributed by atoms with Gasteiger partial charge >= 0.3 is 5.97 Å². The first-order valence-electron chi connectivity index (χ1n) is 9.33. The summed E-state index contributed by atoms with van der Waals surface area (Å²) in [5.74, 6) is -0.834. The number of fused-ring (bicyclic) bond motifs is 1. The number of hydrogen-bond acceptors (Lipinski definition) is 5. The van der Waals surface area contributed by atoms with Crippen molar-refractivity contribution < 1.29 is 23.9 Å². The number of carbonyl (C=O) groups is 3. The van der Waals surface area contributed by atoms with Crippen molar-refractivity contribution in [1.29, 1.82) is 0 Å². The molecule has 7 heteroatoms. The van der Waals surface area contributed by atoms with E-state index in [0.717, 1.165) is 16.3 Å². The second-order valence-corrected chi connectivity index (χ2v) is 6.66. The zero-order valence-electron chi connectivity index (χ0n) is 16.7. The van der Waals surface area contributed by atoms with E-state index in [4.69, 9.17) is 9.47 Å². The van der Waals surface area contributed by atoms with E-state index in [1.807, 2.05) is 42.5 Å². The van der Waals surface area contributed by atoms with Gasteiger partial charge in [-0.05, 0) is 34.5 Å². The van der Waals surface area contributed by atoms with Crippen molar-refractivity contribution in [3.8, 4) is 5.75 Å².